The molecular formula is C13H16ClNO3. The fourth-order valence-electron chi connectivity index (χ4n) is 2.29. The van der Waals surface area contributed by atoms with Crippen LogP contribution in [0.4, 0.5) is 0 Å². The number of carboxylic acids is 1. The van der Waals surface area contributed by atoms with E-state index in [1.165, 1.54) is 0 Å². The molecule has 1 saturated heterocycles. The van der Waals surface area contributed by atoms with Crippen molar-refractivity contribution < 1.29 is 14.6 Å². The quantitative estimate of drug-likeness (QED) is 0.911. The van der Waals surface area contributed by atoms with E-state index in [9.17, 15) is 4.79 Å². The van der Waals surface area contributed by atoms with Gasteiger partial charge in [0.1, 0.15) is 5.75 Å². The summed E-state index contributed by atoms with van der Waals surface area (Å²) < 4.78 is 5.28. The van der Waals surface area contributed by atoms with Crippen molar-refractivity contribution in [2.45, 2.75) is 13.0 Å². The molecule has 0 amide bonds. The number of benzene rings is 1. The number of likely N-dealkylation sites (tertiary alicyclic amines) is 1. The van der Waals surface area contributed by atoms with Gasteiger partial charge in [0, 0.05) is 23.7 Å². The van der Waals surface area contributed by atoms with E-state index in [0.29, 0.717) is 24.5 Å². The van der Waals surface area contributed by atoms with Gasteiger partial charge in [0.25, 0.3) is 0 Å². The fourth-order valence-corrected chi connectivity index (χ4v) is 2.48. The molecule has 1 aromatic carbocycles. The van der Waals surface area contributed by atoms with Gasteiger partial charge >= 0.3 is 5.97 Å². The first-order chi connectivity index (χ1) is 8.60. The molecule has 1 fully saturated rings. The van der Waals surface area contributed by atoms with Gasteiger partial charge < -0.3 is 9.84 Å². The van der Waals surface area contributed by atoms with Gasteiger partial charge in [0.2, 0.25) is 0 Å². The van der Waals surface area contributed by atoms with Crippen molar-refractivity contribution in [2.75, 3.05) is 20.2 Å². The van der Waals surface area contributed by atoms with Crippen LogP contribution in [0, 0.1) is 5.92 Å². The van der Waals surface area contributed by atoms with Crippen molar-refractivity contribution in [3.63, 3.8) is 0 Å². The molecule has 1 atom stereocenters. The van der Waals surface area contributed by atoms with Crippen LogP contribution in [0.5, 0.6) is 5.75 Å². The normalized spacial score (nSPS) is 20.0. The van der Waals surface area contributed by atoms with Crippen molar-refractivity contribution in [3.05, 3.63) is 28.8 Å². The van der Waals surface area contributed by atoms with Crippen LogP contribution in [0.1, 0.15) is 12.0 Å². The maximum absolute atomic E-state index is 10.9. The topological polar surface area (TPSA) is 49.8 Å². The van der Waals surface area contributed by atoms with Crippen molar-refractivity contribution in [3.8, 4) is 5.75 Å². The van der Waals surface area contributed by atoms with Crippen LogP contribution in [0.25, 0.3) is 0 Å². The minimum atomic E-state index is -0.712. The third kappa shape index (κ3) is 2.94. The molecule has 1 heterocycles. The second-order valence-electron chi connectivity index (χ2n) is 4.52. The Hall–Kier alpha value is -1.26. The Morgan fingerprint density at radius 2 is 2.39 bits per heavy atom. The Kier molecular flexibility index (Phi) is 4.09. The highest BCUT2D eigenvalue weighted by Crippen LogP contribution is 2.26. The minimum Gasteiger partial charge on any atom is -0.496 e. The van der Waals surface area contributed by atoms with Gasteiger partial charge in [-0.15, -0.1) is 0 Å². The van der Waals surface area contributed by atoms with Gasteiger partial charge in [-0.2, -0.15) is 0 Å². The maximum atomic E-state index is 10.9. The van der Waals surface area contributed by atoms with Crippen molar-refractivity contribution in [2.24, 2.45) is 5.92 Å². The first kappa shape index (κ1) is 13.2. The second kappa shape index (κ2) is 5.59. The minimum absolute atomic E-state index is 0.254. The van der Waals surface area contributed by atoms with E-state index >= 15 is 0 Å². The average molecular weight is 270 g/mol. The summed E-state index contributed by atoms with van der Waals surface area (Å²) in [7, 11) is 1.62. The molecule has 0 radical (unpaired) electrons. The number of carboxylic acid groups (broad SMARTS) is 1. The number of halogens is 1. The summed E-state index contributed by atoms with van der Waals surface area (Å²) in [5.74, 6) is -0.177. The Bertz CT molecular complexity index is 450. The first-order valence-electron chi connectivity index (χ1n) is 5.87. The molecular weight excluding hydrogens is 254 g/mol. The van der Waals surface area contributed by atoms with Crippen molar-refractivity contribution in [1.29, 1.82) is 0 Å². The molecule has 2 rings (SSSR count). The Morgan fingerprint density at radius 1 is 1.61 bits per heavy atom. The lowest BCUT2D eigenvalue weighted by Crippen LogP contribution is -2.23. The SMILES string of the molecule is COc1ccc(Cl)cc1CN1CCC(C(=O)O)C1. The molecule has 0 aliphatic carbocycles. The van der Waals surface area contributed by atoms with E-state index in [4.69, 9.17) is 21.4 Å². The largest absolute Gasteiger partial charge is 0.496 e. The lowest BCUT2D eigenvalue weighted by molar-refractivity contribution is -0.141. The molecule has 0 bridgehead atoms. The van der Waals surface area contributed by atoms with Gasteiger partial charge in [-0.05, 0) is 31.2 Å². The average Bonchev–Trinajstić information content (AvgIpc) is 2.78. The van der Waals surface area contributed by atoms with Crippen molar-refractivity contribution in [1.82, 2.24) is 4.90 Å². The molecule has 18 heavy (non-hydrogen) atoms. The van der Waals surface area contributed by atoms with E-state index in [-0.39, 0.29) is 5.92 Å². The number of methoxy groups -OCH3 is 1. The van der Waals surface area contributed by atoms with Crippen LogP contribution in [-0.4, -0.2) is 36.2 Å². The summed E-state index contributed by atoms with van der Waals surface area (Å²) in [6.45, 7) is 2.06. The predicted molar refractivity (Wildman–Crippen MR) is 69.0 cm³/mol. The highest BCUT2D eigenvalue weighted by atomic mass is 35.5. The number of hydrogen-bond donors (Lipinski definition) is 1. The van der Waals surface area contributed by atoms with Crippen molar-refractivity contribution >= 4 is 17.6 Å². The Labute approximate surface area is 111 Å². The monoisotopic (exact) mass is 269 g/mol. The molecule has 1 aromatic rings. The van der Waals surface area contributed by atoms with Gasteiger partial charge in [-0.3, -0.25) is 9.69 Å². The molecule has 98 valence electrons. The third-order valence-corrected chi connectivity index (χ3v) is 3.49. The van der Waals surface area contributed by atoms with Gasteiger partial charge in [0.05, 0.1) is 13.0 Å². The summed E-state index contributed by atoms with van der Waals surface area (Å²) >= 11 is 5.97. The number of hydrogen-bond acceptors (Lipinski definition) is 3. The van der Waals surface area contributed by atoms with E-state index in [1.807, 2.05) is 12.1 Å². The third-order valence-electron chi connectivity index (χ3n) is 3.26. The number of carbonyl (C=O) groups is 1. The second-order valence-corrected chi connectivity index (χ2v) is 4.95. The smallest absolute Gasteiger partial charge is 0.307 e. The van der Waals surface area contributed by atoms with Gasteiger partial charge in [0.15, 0.2) is 0 Å². The Balaban J connectivity index is 2.06. The van der Waals surface area contributed by atoms with Crippen LogP contribution in [0.15, 0.2) is 18.2 Å². The lowest BCUT2D eigenvalue weighted by atomic mass is 10.1. The van der Waals surface area contributed by atoms with Crippen LogP contribution >= 0.6 is 11.6 Å². The molecule has 0 spiro atoms. The zero-order valence-electron chi connectivity index (χ0n) is 10.2. The summed E-state index contributed by atoms with van der Waals surface area (Å²) in [6, 6.07) is 5.49. The predicted octanol–water partition coefficient (Wildman–Crippen LogP) is 2.26. The van der Waals surface area contributed by atoms with Crippen LogP contribution in [0.3, 0.4) is 0 Å². The summed E-state index contributed by atoms with van der Waals surface area (Å²) in [5.41, 5.74) is 0.996. The zero-order chi connectivity index (χ0) is 13.1. The summed E-state index contributed by atoms with van der Waals surface area (Å²) in [4.78, 5) is 13.0. The molecule has 4 nitrogen and oxygen atoms in total. The molecule has 1 unspecified atom stereocenters. The van der Waals surface area contributed by atoms with Gasteiger partial charge in [-0.1, -0.05) is 11.6 Å². The highest BCUT2D eigenvalue weighted by molar-refractivity contribution is 6.30. The molecule has 1 aliphatic rings. The molecule has 5 heteroatoms. The highest BCUT2D eigenvalue weighted by Gasteiger charge is 2.28. The van der Waals surface area contributed by atoms with Gasteiger partial charge in [-0.25, -0.2) is 0 Å². The Morgan fingerprint density at radius 3 is 3.00 bits per heavy atom. The number of ether oxygens (including phenoxy) is 1. The standard InChI is InChI=1S/C13H16ClNO3/c1-18-12-3-2-11(14)6-10(12)8-15-5-4-9(7-15)13(16)17/h2-3,6,9H,4-5,7-8H2,1H3,(H,16,17). The van der Waals surface area contributed by atoms with Crippen LogP contribution in [-0.2, 0) is 11.3 Å². The maximum Gasteiger partial charge on any atom is 0.307 e. The van der Waals surface area contributed by atoms with E-state index in [1.54, 1.807) is 13.2 Å². The number of rotatable bonds is 4. The molecule has 1 aliphatic heterocycles. The fraction of sp³-hybridized carbons (Fsp3) is 0.462. The molecule has 0 saturated carbocycles. The van der Waals surface area contributed by atoms with Crippen LogP contribution < -0.4 is 4.74 Å². The number of nitrogens with zero attached hydrogens (tertiary/aromatic N) is 1. The molecule has 1 N–H and O–H groups in total. The van der Waals surface area contributed by atoms with E-state index in [2.05, 4.69) is 4.90 Å². The number of aliphatic carboxylic acids is 1. The van der Waals surface area contributed by atoms with E-state index in [0.717, 1.165) is 17.9 Å². The summed E-state index contributed by atoms with van der Waals surface area (Å²) in [5, 5.41) is 9.64. The zero-order valence-corrected chi connectivity index (χ0v) is 11.0. The van der Waals surface area contributed by atoms with Crippen LogP contribution in [0.2, 0.25) is 5.02 Å². The summed E-state index contributed by atoms with van der Waals surface area (Å²) in [6.07, 6.45) is 0.707. The van der Waals surface area contributed by atoms with E-state index < -0.39 is 5.97 Å². The lowest BCUT2D eigenvalue weighted by Gasteiger charge is -2.17. The molecule has 0 aromatic heterocycles. The first-order valence-corrected chi connectivity index (χ1v) is 6.25.